The number of fused-ring (bicyclic) bond motifs is 1. The van der Waals surface area contributed by atoms with Crippen LogP contribution in [0, 0.1) is 12.8 Å². The van der Waals surface area contributed by atoms with Crippen LogP contribution in [0.15, 0.2) is 29.5 Å². The van der Waals surface area contributed by atoms with Crippen molar-refractivity contribution < 1.29 is 0 Å². The van der Waals surface area contributed by atoms with Crippen LogP contribution in [0.3, 0.4) is 0 Å². The van der Waals surface area contributed by atoms with Crippen molar-refractivity contribution in [3.63, 3.8) is 0 Å². The van der Waals surface area contributed by atoms with E-state index < -0.39 is 0 Å². The monoisotopic (exact) mass is 455 g/mol. The van der Waals surface area contributed by atoms with Gasteiger partial charge in [-0.05, 0) is 50.2 Å². The van der Waals surface area contributed by atoms with Gasteiger partial charge in [0, 0.05) is 38.4 Å². The quantitative estimate of drug-likeness (QED) is 0.421. The maximum atomic E-state index is 4.72. The second-order valence-corrected chi connectivity index (χ2v) is 7.00. The number of nitrogens with zero attached hydrogens (tertiary/aromatic N) is 3. The summed E-state index contributed by atoms with van der Waals surface area (Å²) in [6.45, 7) is 5.28. The smallest absolute Gasteiger partial charge is 0.191 e. The maximum absolute atomic E-state index is 4.72. The van der Waals surface area contributed by atoms with Crippen molar-refractivity contribution in [1.29, 1.82) is 0 Å². The van der Waals surface area contributed by atoms with Gasteiger partial charge in [0.25, 0.3) is 0 Å². The molecule has 0 unspecified atom stereocenters. The Kier molecular flexibility index (Phi) is 7.53. The lowest BCUT2D eigenvalue weighted by Crippen LogP contribution is -2.45. The first kappa shape index (κ1) is 20.0. The van der Waals surface area contributed by atoms with E-state index in [1.54, 1.807) is 0 Å². The van der Waals surface area contributed by atoms with Gasteiger partial charge in [0.2, 0.25) is 0 Å². The van der Waals surface area contributed by atoms with E-state index in [-0.39, 0.29) is 24.0 Å². The number of hydrogen-bond acceptors (Lipinski definition) is 2. The minimum atomic E-state index is 0. The molecule has 0 atom stereocenters. The topological polar surface area (TPSA) is 53.7 Å². The molecule has 1 saturated carbocycles. The lowest BCUT2D eigenvalue weighted by molar-refractivity contribution is 0.329. The Morgan fingerprint density at radius 1 is 1.32 bits per heavy atom. The van der Waals surface area contributed by atoms with Gasteiger partial charge in [-0.15, -0.1) is 24.0 Å². The van der Waals surface area contributed by atoms with E-state index in [0.29, 0.717) is 6.04 Å². The second-order valence-electron chi connectivity index (χ2n) is 7.00. The van der Waals surface area contributed by atoms with Crippen molar-refractivity contribution in [1.82, 2.24) is 20.0 Å². The molecule has 0 aromatic carbocycles. The molecule has 1 fully saturated rings. The zero-order valence-electron chi connectivity index (χ0n) is 15.5. The molecule has 0 radical (unpaired) electrons. The number of hydrogen-bond donors (Lipinski definition) is 2. The van der Waals surface area contributed by atoms with E-state index in [1.807, 2.05) is 7.05 Å². The van der Waals surface area contributed by atoms with Gasteiger partial charge < -0.3 is 15.0 Å². The molecule has 6 heteroatoms. The van der Waals surface area contributed by atoms with Gasteiger partial charge in [0.05, 0.1) is 5.69 Å². The summed E-state index contributed by atoms with van der Waals surface area (Å²) in [4.78, 5) is 9.08. The minimum Gasteiger partial charge on any atom is -0.356 e. The van der Waals surface area contributed by atoms with Crippen molar-refractivity contribution in [3.05, 3.63) is 35.8 Å². The molecule has 0 spiro atoms. The third kappa shape index (κ3) is 5.33. The van der Waals surface area contributed by atoms with Crippen LogP contribution in [0.4, 0.5) is 0 Å². The van der Waals surface area contributed by atoms with Crippen LogP contribution < -0.4 is 10.6 Å². The van der Waals surface area contributed by atoms with E-state index >= 15 is 0 Å². The Labute approximate surface area is 167 Å². The predicted molar refractivity (Wildman–Crippen MR) is 115 cm³/mol. The van der Waals surface area contributed by atoms with E-state index in [2.05, 4.69) is 58.4 Å². The Bertz CT molecular complexity index is 701. The molecule has 0 saturated heterocycles. The normalized spacial score (nSPS) is 21.0. The average Bonchev–Trinajstić information content (AvgIpc) is 3.00. The van der Waals surface area contributed by atoms with E-state index in [0.717, 1.165) is 36.2 Å². The molecule has 138 valence electrons. The molecule has 0 aliphatic heterocycles. The highest BCUT2D eigenvalue weighted by molar-refractivity contribution is 14.0. The number of imidazole rings is 1. The second kappa shape index (κ2) is 9.40. The molecule has 2 heterocycles. The van der Waals surface area contributed by atoms with E-state index in [4.69, 9.17) is 4.98 Å². The van der Waals surface area contributed by atoms with Gasteiger partial charge in [0.15, 0.2) is 5.96 Å². The first-order chi connectivity index (χ1) is 11.7. The number of rotatable bonds is 4. The SMILES string of the molecule is CN=C(NCCc1cn2cccc(C)c2n1)NC1CCC(C)CC1.I. The fraction of sp³-hybridized carbons (Fsp3) is 0.579. The van der Waals surface area contributed by atoms with Crippen LogP contribution in [0.5, 0.6) is 0 Å². The standard InChI is InChI=1S/C19H29N5.HI/c1-14-6-8-16(9-7-14)23-19(20-3)21-11-10-17-13-24-12-4-5-15(2)18(24)22-17;/h4-5,12-14,16H,6-11H2,1-3H3,(H2,20,21,23);1H. The van der Waals surface area contributed by atoms with Gasteiger partial charge in [-0.2, -0.15) is 0 Å². The largest absolute Gasteiger partial charge is 0.356 e. The Hall–Kier alpha value is -1.31. The van der Waals surface area contributed by atoms with Gasteiger partial charge in [-0.25, -0.2) is 4.98 Å². The number of guanidine groups is 1. The summed E-state index contributed by atoms with van der Waals surface area (Å²) in [5.74, 6) is 1.78. The summed E-state index contributed by atoms with van der Waals surface area (Å²) in [6.07, 6.45) is 10.2. The predicted octanol–water partition coefficient (Wildman–Crippen LogP) is 3.55. The van der Waals surface area contributed by atoms with Crippen molar-refractivity contribution in [2.45, 2.75) is 52.0 Å². The number of halogens is 1. The summed E-state index contributed by atoms with van der Waals surface area (Å²) in [6, 6.07) is 4.72. The Morgan fingerprint density at radius 2 is 2.08 bits per heavy atom. The third-order valence-electron chi connectivity index (χ3n) is 4.98. The molecule has 2 N–H and O–H groups in total. The number of aryl methyl sites for hydroxylation is 1. The fourth-order valence-electron chi connectivity index (χ4n) is 3.43. The average molecular weight is 455 g/mol. The molecule has 3 rings (SSSR count). The zero-order chi connectivity index (χ0) is 16.9. The van der Waals surface area contributed by atoms with Crippen LogP contribution in [0.25, 0.3) is 5.65 Å². The third-order valence-corrected chi connectivity index (χ3v) is 4.98. The van der Waals surface area contributed by atoms with Crippen molar-refractivity contribution in [2.75, 3.05) is 13.6 Å². The Morgan fingerprint density at radius 3 is 2.76 bits per heavy atom. The number of aliphatic imine (C=N–C) groups is 1. The van der Waals surface area contributed by atoms with Crippen molar-refractivity contribution in [3.8, 4) is 0 Å². The highest BCUT2D eigenvalue weighted by Crippen LogP contribution is 2.23. The molecule has 0 amide bonds. The zero-order valence-corrected chi connectivity index (χ0v) is 17.8. The summed E-state index contributed by atoms with van der Waals surface area (Å²) in [7, 11) is 1.84. The van der Waals surface area contributed by atoms with Gasteiger partial charge >= 0.3 is 0 Å². The number of nitrogens with one attached hydrogen (secondary N) is 2. The summed E-state index contributed by atoms with van der Waals surface area (Å²) < 4.78 is 2.10. The van der Waals surface area contributed by atoms with Crippen LogP contribution in [0.1, 0.15) is 43.9 Å². The molecule has 5 nitrogen and oxygen atoms in total. The lowest BCUT2D eigenvalue weighted by Gasteiger charge is -2.28. The summed E-state index contributed by atoms with van der Waals surface area (Å²) in [5, 5.41) is 6.99. The van der Waals surface area contributed by atoms with Gasteiger partial charge in [-0.3, -0.25) is 4.99 Å². The highest BCUT2D eigenvalue weighted by Gasteiger charge is 2.18. The highest BCUT2D eigenvalue weighted by atomic mass is 127. The van der Waals surface area contributed by atoms with Crippen LogP contribution in [0.2, 0.25) is 0 Å². The van der Waals surface area contributed by atoms with Crippen molar-refractivity contribution >= 4 is 35.6 Å². The van der Waals surface area contributed by atoms with Crippen molar-refractivity contribution in [2.24, 2.45) is 10.9 Å². The van der Waals surface area contributed by atoms with Gasteiger partial charge in [-0.1, -0.05) is 13.0 Å². The summed E-state index contributed by atoms with van der Waals surface area (Å²) >= 11 is 0. The number of pyridine rings is 1. The molecule has 1 aliphatic carbocycles. The summed E-state index contributed by atoms with van der Waals surface area (Å²) in [5.41, 5.74) is 3.37. The first-order valence-electron chi connectivity index (χ1n) is 9.06. The molecule has 0 bridgehead atoms. The van der Waals surface area contributed by atoms with Crippen LogP contribution >= 0.6 is 24.0 Å². The minimum absolute atomic E-state index is 0. The molecule has 1 aliphatic rings. The van der Waals surface area contributed by atoms with E-state index in [1.165, 1.54) is 31.2 Å². The number of aromatic nitrogens is 2. The van der Waals surface area contributed by atoms with Crippen LogP contribution in [-0.4, -0.2) is 35.0 Å². The molecule has 2 aromatic heterocycles. The molecular weight excluding hydrogens is 425 g/mol. The van der Waals surface area contributed by atoms with Gasteiger partial charge in [0.1, 0.15) is 5.65 Å². The first-order valence-corrected chi connectivity index (χ1v) is 9.06. The van der Waals surface area contributed by atoms with Crippen LogP contribution in [-0.2, 0) is 6.42 Å². The molecule has 2 aromatic rings. The molecular formula is C19H30IN5. The molecule has 25 heavy (non-hydrogen) atoms. The Balaban J connectivity index is 0.00000225. The maximum Gasteiger partial charge on any atom is 0.191 e. The lowest BCUT2D eigenvalue weighted by atomic mass is 9.87. The van der Waals surface area contributed by atoms with E-state index in [9.17, 15) is 0 Å². The fourth-order valence-corrected chi connectivity index (χ4v) is 3.43.